The van der Waals surface area contributed by atoms with Gasteiger partial charge in [0.15, 0.2) is 0 Å². The van der Waals surface area contributed by atoms with Crippen molar-refractivity contribution >= 4 is 10.9 Å². The Kier molecular flexibility index (Phi) is 4.63. The number of halogens is 3. The minimum atomic E-state index is -4.25. The number of hydrogen-bond donors (Lipinski definition) is 0. The lowest BCUT2D eigenvalue weighted by molar-refractivity contribution is -0.177. The second kappa shape index (κ2) is 7.12. The zero-order valence-corrected chi connectivity index (χ0v) is 14.8. The summed E-state index contributed by atoms with van der Waals surface area (Å²) in [5, 5.41) is 0.387. The average molecular weight is 383 g/mol. The highest BCUT2D eigenvalue weighted by atomic mass is 19.4. The van der Waals surface area contributed by atoms with Gasteiger partial charge >= 0.3 is 6.18 Å². The fourth-order valence-corrected chi connectivity index (χ4v) is 3.40. The van der Waals surface area contributed by atoms with Crippen molar-refractivity contribution < 1.29 is 13.2 Å². The number of alkyl halides is 3. The molecule has 0 aliphatic carbocycles. The second-order valence-corrected chi connectivity index (χ2v) is 6.75. The highest BCUT2D eigenvalue weighted by molar-refractivity contribution is 5.79. The first-order chi connectivity index (χ1) is 13.4. The predicted molar refractivity (Wildman–Crippen MR) is 98.7 cm³/mol. The first-order valence-electron chi connectivity index (χ1n) is 8.95. The number of nitrogens with zero attached hydrogens (tertiary/aromatic N) is 3. The molecule has 4 rings (SSSR count). The molecular weight excluding hydrogens is 367 g/mol. The third-order valence-corrected chi connectivity index (χ3v) is 4.91. The number of aromatic nitrogens is 3. The summed E-state index contributed by atoms with van der Waals surface area (Å²) in [7, 11) is 0. The Morgan fingerprint density at radius 2 is 1.96 bits per heavy atom. The summed E-state index contributed by atoms with van der Waals surface area (Å²) in [6.45, 7) is 0.0303. The third kappa shape index (κ3) is 3.63. The number of pyridine rings is 1. The fourth-order valence-electron chi connectivity index (χ4n) is 3.40. The van der Waals surface area contributed by atoms with Gasteiger partial charge in [-0.05, 0) is 49.1 Å². The van der Waals surface area contributed by atoms with Crippen LogP contribution in [0, 0.1) is 17.8 Å². The zero-order valence-electron chi connectivity index (χ0n) is 14.8. The fraction of sp³-hybridized carbons (Fsp3) is 0.286. The molecule has 28 heavy (non-hydrogen) atoms. The molecule has 142 valence electrons. The second-order valence-electron chi connectivity index (χ2n) is 6.75. The standard InChI is InChI=1S/C21H16F3N3O/c22-21(23,24)15-6-9-19-26-18-13-14(4-7-16-3-1-2-11-25-16)5-8-17(18)20(28)27(19)12-10-15/h1-3,5,8,11,13,15H,6,9-10,12H2/t15-/m0/s1. The van der Waals surface area contributed by atoms with Gasteiger partial charge in [0, 0.05) is 24.7 Å². The Morgan fingerprint density at radius 3 is 2.71 bits per heavy atom. The molecule has 7 heteroatoms. The van der Waals surface area contributed by atoms with Crippen molar-refractivity contribution in [1.29, 1.82) is 0 Å². The van der Waals surface area contributed by atoms with Crippen LogP contribution >= 0.6 is 0 Å². The topological polar surface area (TPSA) is 47.8 Å². The van der Waals surface area contributed by atoms with Crippen molar-refractivity contribution in [3.8, 4) is 11.8 Å². The normalized spacial score (nSPS) is 16.8. The molecule has 1 atom stereocenters. The largest absolute Gasteiger partial charge is 0.391 e. The van der Waals surface area contributed by atoms with Crippen molar-refractivity contribution in [2.24, 2.45) is 5.92 Å². The molecule has 3 heterocycles. The average Bonchev–Trinajstić information content (AvgIpc) is 2.90. The van der Waals surface area contributed by atoms with E-state index in [1.165, 1.54) is 4.57 Å². The van der Waals surface area contributed by atoms with E-state index in [0.29, 0.717) is 28.0 Å². The highest BCUT2D eigenvalue weighted by Crippen LogP contribution is 2.34. The van der Waals surface area contributed by atoms with Crippen LogP contribution in [0.2, 0.25) is 0 Å². The lowest BCUT2D eigenvalue weighted by Crippen LogP contribution is -2.26. The molecule has 0 N–H and O–H groups in total. The molecule has 0 spiro atoms. The Hall–Kier alpha value is -3.14. The van der Waals surface area contributed by atoms with E-state index in [0.717, 1.165) is 0 Å². The number of fused-ring (bicyclic) bond motifs is 2. The minimum Gasteiger partial charge on any atom is -0.296 e. The van der Waals surface area contributed by atoms with E-state index in [9.17, 15) is 18.0 Å². The van der Waals surface area contributed by atoms with Gasteiger partial charge in [0.25, 0.3) is 5.56 Å². The molecule has 0 unspecified atom stereocenters. The van der Waals surface area contributed by atoms with Gasteiger partial charge in [0.05, 0.1) is 16.8 Å². The maximum Gasteiger partial charge on any atom is 0.391 e. The number of aryl methyl sites for hydroxylation is 1. The van der Waals surface area contributed by atoms with Gasteiger partial charge in [-0.2, -0.15) is 13.2 Å². The van der Waals surface area contributed by atoms with Gasteiger partial charge in [0.1, 0.15) is 11.5 Å². The van der Waals surface area contributed by atoms with E-state index in [1.54, 1.807) is 36.5 Å². The molecule has 0 saturated heterocycles. The van der Waals surface area contributed by atoms with Crippen molar-refractivity contribution in [2.75, 3.05) is 0 Å². The lowest BCUT2D eigenvalue weighted by atomic mass is 10.00. The maximum atomic E-state index is 13.1. The maximum absolute atomic E-state index is 13.1. The Balaban J connectivity index is 1.71. The van der Waals surface area contributed by atoms with Gasteiger partial charge in [-0.3, -0.25) is 9.36 Å². The van der Waals surface area contributed by atoms with Crippen LogP contribution in [0.5, 0.6) is 0 Å². The van der Waals surface area contributed by atoms with Crippen molar-refractivity contribution in [2.45, 2.75) is 32.0 Å². The first kappa shape index (κ1) is 18.2. The zero-order chi connectivity index (χ0) is 19.7. The summed E-state index contributed by atoms with van der Waals surface area (Å²) in [6, 6.07) is 10.5. The van der Waals surface area contributed by atoms with Gasteiger partial charge in [-0.25, -0.2) is 9.97 Å². The van der Waals surface area contributed by atoms with Crippen molar-refractivity contribution in [3.63, 3.8) is 0 Å². The molecule has 1 aliphatic rings. The number of hydrogen-bond acceptors (Lipinski definition) is 3. The van der Waals surface area contributed by atoms with Crippen LogP contribution in [0.15, 0.2) is 47.4 Å². The van der Waals surface area contributed by atoms with E-state index < -0.39 is 12.1 Å². The molecule has 0 radical (unpaired) electrons. The quantitative estimate of drug-likeness (QED) is 0.556. The van der Waals surface area contributed by atoms with Crippen molar-refractivity contribution in [3.05, 3.63) is 70.0 Å². The molecular formula is C21H16F3N3O. The van der Waals surface area contributed by atoms with E-state index in [-0.39, 0.29) is 31.4 Å². The number of rotatable bonds is 0. The van der Waals surface area contributed by atoms with Crippen LogP contribution in [0.3, 0.4) is 0 Å². The number of benzene rings is 1. The first-order valence-corrected chi connectivity index (χ1v) is 8.95. The SMILES string of the molecule is O=c1c2ccc(C#Cc3ccccn3)cc2nc2n1CC[C@@H](C(F)(F)F)CC2. The van der Waals surface area contributed by atoms with Gasteiger partial charge in [-0.1, -0.05) is 12.0 Å². The van der Waals surface area contributed by atoms with Crippen LogP contribution in [0.1, 0.15) is 29.9 Å². The molecule has 0 fully saturated rings. The van der Waals surface area contributed by atoms with Crippen LogP contribution in [0.4, 0.5) is 13.2 Å². The Bertz CT molecular complexity index is 1140. The molecule has 3 aromatic rings. The molecule has 2 aromatic heterocycles. The summed E-state index contributed by atoms with van der Waals surface area (Å²) < 4.78 is 40.6. The molecule has 0 amide bonds. The summed E-state index contributed by atoms with van der Waals surface area (Å²) in [5.74, 6) is 4.92. The van der Waals surface area contributed by atoms with Crippen LogP contribution < -0.4 is 5.56 Å². The smallest absolute Gasteiger partial charge is 0.296 e. The molecule has 0 bridgehead atoms. The summed E-state index contributed by atoms with van der Waals surface area (Å²) >= 11 is 0. The van der Waals surface area contributed by atoms with Gasteiger partial charge < -0.3 is 0 Å². The molecule has 0 saturated carbocycles. The predicted octanol–water partition coefficient (Wildman–Crippen LogP) is 3.71. The molecule has 4 nitrogen and oxygen atoms in total. The Morgan fingerprint density at radius 1 is 1.11 bits per heavy atom. The van der Waals surface area contributed by atoms with Crippen molar-refractivity contribution in [1.82, 2.24) is 14.5 Å². The Labute approximate surface area is 159 Å². The van der Waals surface area contributed by atoms with E-state index in [1.807, 2.05) is 6.07 Å². The van der Waals surface area contributed by atoms with Crippen LogP contribution in [-0.4, -0.2) is 20.7 Å². The highest BCUT2D eigenvalue weighted by Gasteiger charge is 2.40. The van der Waals surface area contributed by atoms with Crippen LogP contribution in [-0.2, 0) is 13.0 Å². The lowest BCUT2D eigenvalue weighted by Gasteiger charge is -2.16. The molecule has 1 aliphatic heterocycles. The van der Waals surface area contributed by atoms with E-state index in [2.05, 4.69) is 21.8 Å². The van der Waals surface area contributed by atoms with Gasteiger partial charge in [-0.15, -0.1) is 0 Å². The monoisotopic (exact) mass is 383 g/mol. The summed E-state index contributed by atoms with van der Waals surface area (Å²) in [5.41, 5.74) is 1.44. The van der Waals surface area contributed by atoms with Crippen LogP contribution in [0.25, 0.3) is 10.9 Å². The van der Waals surface area contributed by atoms with Gasteiger partial charge in [0.2, 0.25) is 0 Å². The summed E-state index contributed by atoms with van der Waals surface area (Å²) in [6.07, 6.45) is -2.63. The minimum absolute atomic E-state index is 0.0303. The van der Waals surface area contributed by atoms with E-state index >= 15 is 0 Å². The molecule has 1 aromatic carbocycles. The summed E-state index contributed by atoms with van der Waals surface area (Å²) in [4.78, 5) is 21.4. The third-order valence-electron chi connectivity index (χ3n) is 4.91. The van der Waals surface area contributed by atoms with E-state index in [4.69, 9.17) is 0 Å².